The smallest absolute Gasteiger partial charge is 0.414 e. The third-order valence-electron chi connectivity index (χ3n) is 7.13. The number of benzene rings is 2. The number of cyclic esters (lactones) is 1. The Morgan fingerprint density at radius 3 is 2.86 bits per heavy atom. The molecule has 1 fully saturated rings. The third kappa shape index (κ3) is 3.84. The highest BCUT2D eigenvalue weighted by atomic mass is 32.2. The number of ether oxygens (including phenoxy) is 1. The van der Waals surface area contributed by atoms with Crippen LogP contribution >= 0.6 is 11.8 Å². The van der Waals surface area contributed by atoms with Crippen LogP contribution in [0.2, 0.25) is 0 Å². The maximum Gasteiger partial charge on any atom is 0.414 e. The van der Waals surface area contributed by atoms with Crippen molar-refractivity contribution in [2.75, 3.05) is 29.1 Å². The summed E-state index contributed by atoms with van der Waals surface area (Å²) < 4.78 is 22.0. The molecule has 4 heterocycles. The molecule has 2 N–H and O–H groups in total. The molecule has 0 aliphatic carbocycles. The minimum atomic E-state index is -0.407. The van der Waals surface area contributed by atoms with Gasteiger partial charge in [0.25, 0.3) is 5.56 Å². The van der Waals surface area contributed by atoms with E-state index in [1.807, 2.05) is 19.1 Å². The van der Waals surface area contributed by atoms with Crippen LogP contribution in [0.25, 0.3) is 10.9 Å². The number of hydrogen-bond donors (Lipinski definition) is 2. The Labute approximate surface area is 210 Å². The van der Waals surface area contributed by atoms with E-state index in [1.54, 1.807) is 27.7 Å². The number of nitrogens with zero attached hydrogens (tertiary/aromatic N) is 2. The van der Waals surface area contributed by atoms with Gasteiger partial charge in [-0.15, -0.1) is 11.8 Å². The van der Waals surface area contributed by atoms with E-state index in [0.717, 1.165) is 10.3 Å². The molecule has 1 saturated heterocycles. The van der Waals surface area contributed by atoms with Crippen LogP contribution in [0.4, 0.5) is 20.6 Å². The molecule has 10 heteroatoms. The Hall–Kier alpha value is -3.37. The molecule has 36 heavy (non-hydrogen) atoms. The first-order valence-corrected chi connectivity index (χ1v) is 13.0. The monoisotopic (exact) mass is 508 g/mol. The Morgan fingerprint density at radius 1 is 1.17 bits per heavy atom. The maximum absolute atomic E-state index is 14.8. The average Bonchev–Trinajstić information content (AvgIpc) is 3.38. The van der Waals surface area contributed by atoms with Crippen LogP contribution in [0, 0.1) is 5.82 Å². The molecular weight excluding hydrogens is 483 g/mol. The van der Waals surface area contributed by atoms with Crippen LogP contribution in [0.15, 0.2) is 52.2 Å². The summed E-state index contributed by atoms with van der Waals surface area (Å²) >= 11 is 1.47. The number of carbonyl (C=O) groups excluding carboxylic acids is 2. The second-order valence-electron chi connectivity index (χ2n) is 9.39. The van der Waals surface area contributed by atoms with Crippen LogP contribution in [0.1, 0.15) is 37.4 Å². The second-order valence-corrected chi connectivity index (χ2v) is 10.4. The molecule has 0 unspecified atom stereocenters. The number of carbonyl (C=O) groups is 2. The van der Waals surface area contributed by atoms with Gasteiger partial charge in [-0.1, -0.05) is 0 Å². The Morgan fingerprint density at radius 2 is 2.00 bits per heavy atom. The van der Waals surface area contributed by atoms with E-state index >= 15 is 0 Å². The minimum Gasteiger partial charge on any atom is -0.444 e. The lowest BCUT2D eigenvalue weighted by molar-refractivity contribution is -0.113. The first kappa shape index (κ1) is 23.1. The van der Waals surface area contributed by atoms with Crippen molar-refractivity contribution in [3.05, 3.63) is 64.2 Å². The number of thioether (sulfide) groups is 1. The van der Waals surface area contributed by atoms with Gasteiger partial charge < -0.3 is 19.9 Å². The zero-order valence-electron chi connectivity index (χ0n) is 19.6. The molecule has 6 rings (SSSR count). The molecule has 2 aromatic carbocycles. The minimum absolute atomic E-state index is 0.0558. The molecule has 3 aliphatic rings. The summed E-state index contributed by atoms with van der Waals surface area (Å²) in [6, 6.07) is 11.5. The van der Waals surface area contributed by atoms with Crippen LogP contribution < -0.4 is 21.1 Å². The molecular formula is C26H25FN4O4S. The number of halogens is 1. The molecule has 186 valence electrons. The lowest BCUT2D eigenvalue weighted by Gasteiger charge is -2.20. The predicted molar refractivity (Wildman–Crippen MR) is 136 cm³/mol. The van der Waals surface area contributed by atoms with Gasteiger partial charge in [-0.2, -0.15) is 0 Å². The first-order chi connectivity index (χ1) is 17.4. The third-order valence-corrected chi connectivity index (χ3v) is 8.20. The van der Waals surface area contributed by atoms with Crippen LogP contribution in [0.3, 0.4) is 0 Å². The van der Waals surface area contributed by atoms with E-state index in [0.29, 0.717) is 54.1 Å². The normalized spacial score (nSPS) is 22.6. The lowest BCUT2D eigenvalue weighted by atomic mass is 10.0. The topological polar surface area (TPSA) is 92.7 Å². The van der Waals surface area contributed by atoms with Gasteiger partial charge >= 0.3 is 6.09 Å². The van der Waals surface area contributed by atoms with Gasteiger partial charge in [-0.05, 0) is 68.1 Å². The highest BCUT2D eigenvalue weighted by Crippen LogP contribution is 2.40. The van der Waals surface area contributed by atoms with Crippen molar-refractivity contribution in [1.82, 2.24) is 9.88 Å². The summed E-state index contributed by atoms with van der Waals surface area (Å²) in [7, 11) is 0. The van der Waals surface area contributed by atoms with Gasteiger partial charge in [0.2, 0.25) is 5.91 Å². The van der Waals surface area contributed by atoms with E-state index in [9.17, 15) is 18.8 Å². The van der Waals surface area contributed by atoms with Crippen molar-refractivity contribution in [1.29, 1.82) is 0 Å². The average molecular weight is 509 g/mol. The standard InChI is InChI=1S/C26H25FN4O4S/c1-14-24(23-18(27)7-4-15-5-9-22(33)31(14)25(15)23)28-10-2-3-17-12-30(26(34)35-17)16-6-8-20-19(11-16)29-21(32)13-36-20/h4-9,11,14,17,24,28H,2-3,10,12-13H2,1H3,(H,29,32)/t14-,17+,24-/m1/s1. The predicted octanol–water partition coefficient (Wildman–Crippen LogP) is 4.20. The summed E-state index contributed by atoms with van der Waals surface area (Å²) in [5.41, 5.74) is 2.46. The highest BCUT2D eigenvalue weighted by molar-refractivity contribution is 8.00. The van der Waals surface area contributed by atoms with E-state index in [4.69, 9.17) is 4.74 Å². The molecule has 3 aromatic rings. The molecule has 8 nitrogen and oxygen atoms in total. The number of pyridine rings is 1. The summed E-state index contributed by atoms with van der Waals surface area (Å²) in [6.07, 6.45) is 0.693. The van der Waals surface area contributed by atoms with Gasteiger partial charge in [0.05, 0.1) is 35.6 Å². The summed E-state index contributed by atoms with van der Waals surface area (Å²) in [4.78, 5) is 39.3. The van der Waals surface area contributed by atoms with Crippen molar-refractivity contribution in [2.45, 2.75) is 42.8 Å². The number of fused-ring (bicyclic) bond motifs is 1. The molecule has 0 spiro atoms. The van der Waals surface area contributed by atoms with Crippen molar-refractivity contribution < 1.29 is 18.7 Å². The van der Waals surface area contributed by atoms with Gasteiger partial charge in [0.15, 0.2) is 0 Å². The number of nitrogens with one attached hydrogen (secondary N) is 2. The summed E-state index contributed by atoms with van der Waals surface area (Å²) in [5, 5.41) is 7.12. The molecule has 0 saturated carbocycles. The highest BCUT2D eigenvalue weighted by Gasteiger charge is 2.35. The molecule has 3 atom stereocenters. The largest absolute Gasteiger partial charge is 0.444 e. The van der Waals surface area contributed by atoms with Gasteiger partial charge in [-0.25, -0.2) is 9.18 Å². The number of hydrogen-bond acceptors (Lipinski definition) is 6. The van der Waals surface area contributed by atoms with Crippen LogP contribution in [-0.4, -0.2) is 41.5 Å². The van der Waals surface area contributed by atoms with Crippen LogP contribution in [0.5, 0.6) is 0 Å². The fourth-order valence-corrected chi connectivity index (χ4v) is 6.22. The SMILES string of the molecule is C[C@@H]1[C@@H](NCCC[C@H]2CN(c3ccc4c(c3)NC(=O)CS4)C(=O)O2)c2c(F)ccc3ccc(=O)n1c23. The number of rotatable bonds is 6. The van der Waals surface area contributed by atoms with Gasteiger partial charge in [0.1, 0.15) is 11.9 Å². The van der Waals surface area contributed by atoms with Gasteiger partial charge in [-0.3, -0.25) is 14.5 Å². The molecule has 2 amide bonds. The van der Waals surface area contributed by atoms with E-state index in [-0.39, 0.29) is 35.5 Å². The van der Waals surface area contributed by atoms with Crippen molar-refractivity contribution in [3.8, 4) is 0 Å². The molecule has 3 aliphatic heterocycles. The number of amides is 2. The zero-order chi connectivity index (χ0) is 25.0. The van der Waals surface area contributed by atoms with Crippen LogP contribution in [-0.2, 0) is 9.53 Å². The number of anilines is 2. The first-order valence-electron chi connectivity index (χ1n) is 12.0. The van der Waals surface area contributed by atoms with Gasteiger partial charge in [0, 0.05) is 22.2 Å². The molecule has 0 radical (unpaired) electrons. The summed E-state index contributed by atoms with van der Waals surface area (Å²) in [6.45, 7) is 2.94. The maximum atomic E-state index is 14.8. The zero-order valence-corrected chi connectivity index (χ0v) is 20.4. The summed E-state index contributed by atoms with van der Waals surface area (Å²) in [5.74, 6) is 0.0155. The fraction of sp³-hybridized carbons (Fsp3) is 0.346. The molecule has 1 aromatic heterocycles. The van der Waals surface area contributed by atoms with E-state index < -0.39 is 6.09 Å². The fourth-order valence-electron chi connectivity index (χ4n) is 5.43. The van der Waals surface area contributed by atoms with Crippen molar-refractivity contribution in [2.24, 2.45) is 0 Å². The Kier molecular flexibility index (Phi) is 5.72. The Balaban J connectivity index is 1.08. The quantitative estimate of drug-likeness (QED) is 0.485. The van der Waals surface area contributed by atoms with E-state index in [1.165, 1.54) is 23.9 Å². The lowest BCUT2D eigenvalue weighted by Crippen LogP contribution is -2.30. The van der Waals surface area contributed by atoms with E-state index in [2.05, 4.69) is 10.6 Å². The number of aromatic nitrogens is 1. The Bertz CT molecular complexity index is 1460. The second kappa shape index (κ2) is 8.94. The van der Waals surface area contributed by atoms with Crippen molar-refractivity contribution in [3.63, 3.8) is 0 Å². The van der Waals surface area contributed by atoms with Crippen molar-refractivity contribution >= 4 is 46.0 Å². The molecule has 0 bridgehead atoms.